The maximum Gasteiger partial charge on any atom is 0.244 e. The van der Waals surface area contributed by atoms with Gasteiger partial charge in [-0.15, -0.1) is 0 Å². The van der Waals surface area contributed by atoms with Crippen LogP contribution in [0.25, 0.3) is 0 Å². The molecule has 2 N–H and O–H groups in total. The van der Waals surface area contributed by atoms with Gasteiger partial charge in [0.05, 0.1) is 4.90 Å². The zero-order chi connectivity index (χ0) is 15.3. The fraction of sp³-hybridized carbons (Fsp3) is 0.571. The Morgan fingerprint density at radius 2 is 1.75 bits per heavy atom. The second kappa shape index (κ2) is 7.54. The Balaban J connectivity index is 3.36. The molecule has 0 aliphatic heterocycles. The van der Waals surface area contributed by atoms with Crippen LogP contribution < -0.4 is 5.73 Å². The van der Waals surface area contributed by atoms with Gasteiger partial charge in [-0.25, -0.2) is 8.42 Å². The van der Waals surface area contributed by atoms with Gasteiger partial charge in [0.1, 0.15) is 0 Å². The fourth-order valence-corrected chi connectivity index (χ4v) is 4.76. The lowest BCUT2D eigenvalue weighted by atomic mass is 10.1. The third kappa shape index (κ3) is 3.81. The molecule has 0 saturated carbocycles. The topological polar surface area (TPSA) is 63.4 Å². The van der Waals surface area contributed by atoms with Crippen molar-refractivity contribution in [1.29, 1.82) is 0 Å². The average Bonchev–Trinajstić information content (AvgIpc) is 2.41. The zero-order valence-corrected chi connectivity index (χ0v) is 14.7. The van der Waals surface area contributed by atoms with Crippen molar-refractivity contribution in [3.63, 3.8) is 0 Å². The molecule has 0 spiro atoms. The van der Waals surface area contributed by atoms with Crippen molar-refractivity contribution in [3.05, 3.63) is 27.7 Å². The molecule has 20 heavy (non-hydrogen) atoms. The van der Waals surface area contributed by atoms with Gasteiger partial charge in [0, 0.05) is 24.1 Å². The highest BCUT2D eigenvalue weighted by atomic mass is 79.9. The number of nitrogens with two attached hydrogens (primary N) is 1. The van der Waals surface area contributed by atoms with E-state index in [0.717, 1.165) is 24.0 Å². The normalized spacial score (nSPS) is 12.1. The molecule has 0 unspecified atom stereocenters. The lowest BCUT2D eigenvalue weighted by Gasteiger charge is -2.22. The molecule has 4 nitrogen and oxygen atoms in total. The van der Waals surface area contributed by atoms with E-state index in [0.29, 0.717) is 29.0 Å². The van der Waals surface area contributed by atoms with Crippen LogP contribution in [0, 0.1) is 6.92 Å². The molecular formula is C14H23BrN2O2S. The lowest BCUT2D eigenvalue weighted by Crippen LogP contribution is -2.33. The number of rotatable bonds is 7. The second-order valence-electron chi connectivity index (χ2n) is 4.83. The third-order valence-corrected chi connectivity index (χ3v) is 6.32. The summed E-state index contributed by atoms with van der Waals surface area (Å²) in [5.41, 5.74) is 7.37. The van der Waals surface area contributed by atoms with Crippen LogP contribution in [0.2, 0.25) is 0 Å². The van der Waals surface area contributed by atoms with Crippen LogP contribution in [0.3, 0.4) is 0 Å². The van der Waals surface area contributed by atoms with Crippen molar-refractivity contribution in [1.82, 2.24) is 4.31 Å². The predicted molar refractivity (Wildman–Crippen MR) is 86.1 cm³/mol. The van der Waals surface area contributed by atoms with E-state index in [2.05, 4.69) is 15.9 Å². The number of nitrogens with zero attached hydrogens (tertiary/aromatic N) is 1. The highest BCUT2D eigenvalue weighted by molar-refractivity contribution is 9.10. The Bertz CT molecular complexity index is 553. The second-order valence-corrected chi connectivity index (χ2v) is 7.53. The highest BCUT2D eigenvalue weighted by Gasteiger charge is 2.26. The van der Waals surface area contributed by atoms with Gasteiger partial charge in [0.2, 0.25) is 10.0 Å². The predicted octanol–water partition coefficient (Wildman–Crippen LogP) is 3.03. The van der Waals surface area contributed by atoms with Gasteiger partial charge in [-0.1, -0.05) is 19.9 Å². The third-order valence-electron chi connectivity index (χ3n) is 3.08. The summed E-state index contributed by atoms with van der Waals surface area (Å²) in [6.45, 7) is 7.25. The van der Waals surface area contributed by atoms with E-state index in [1.54, 1.807) is 10.4 Å². The van der Waals surface area contributed by atoms with Crippen LogP contribution in [0.4, 0.5) is 0 Å². The minimum absolute atomic E-state index is 0.319. The monoisotopic (exact) mass is 362 g/mol. The van der Waals surface area contributed by atoms with Gasteiger partial charge in [-0.3, -0.25) is 0 Å². The first-order valence-electron chi connectivity index (χ1n) is 6.87. The number of sulfonamides is 1. The molecule has 1 aromatic carbocycles. The highest BCUT2D eigenvalue weighted by Crippen LogP contribution is 2.29. The van der Waals surface area contributed by atoms with Crippen LogP contribution in [-0.2, 0) is 16.6 Å². The lowest BCUT2D eigenvalue weighted by molar-refractivity contribution is 0.409. The molecule has 0 atom stereocenters. The van der Waals surface area contributed by atoms with Crippen LogP contribution >= 0.6 is 15.9 Å². The van der Waals surface area contributed by atoms with Gasteiger partial charge in [-0.2, -0.15) is 4.31 Å². The molecule has 0 aliphatic carbocycles. The minimum Gasteiger partial charge on any atom is -0.326 e. The van der Waals surface area contributed by atoms with Crippen molar-refractivity contribution < 1.29 is 8.42 Å². The molecule has 0 amide bonds. The Morgan fingerprint density at radius 1 is 1.20 bits per heavy atom. The molecule has 6 heteroatoms. The summed E-state index contributed by atoms with van der Waals surface area (Å²) in [5.74, 6) is 0. The number of hydrogen-bond acceptors (Lipinski definition) is 3. The van der Waals surface area contributed by atoms with E-state index in [1.807, 2.05) is 26.8 Å². The van der Waals surface area contributed by atoms with Crippen LogP contribution in [0.1, 0.15) is 37.8 Å². The Labute approximate surface area is 130 Å². The van der Waals surface area contributed by atoms with Crippen molar-refractivity contribution in [2.75, 3.05) is 13.1 Å². The van der Waals surface area contributed by atoms with E-state index < -0.39 is 10.0 Å². The van der Waals surface area contributed by atoms with Gasteiger partial charge in [-0.05, 0) is 52.9 Å². The van der Waals surface area contributed by atoms with Crippen LogP contribution in [-0.4, -0.2) is 25.8 Å². The summed E-state index contributed by atoms with van der Waals surface area (Å²) >= 11 is 3.40. The van der Waals surface area contributed by atoms with E-state index in [4.69, 9.17) is 5.73 Å². The molecule has 0 radical (unpaired) electrons. The zero-order valence-electron chi connectivity index (χ0n) is 12.3. The van der Waals surface area contributed by atoms with E-state index in [9.17, 15) is 8.42 Å². The van der Waals surface area contributed by atoms with Crippen molar-refractivity contribution >= 4 is 26.0 Å². The van der Waals surface area contributed by atoms with E-state index in [-0.39, 0.29) is 0 Å². The van der Waals surface area contributed by atoms with E-state index >= 15 is 0 Å². The molecule has 114 valence electrons. The largest absolute Gasteiger partial charge is 0.326 e. The number of benzene rings is 1. The summed E-state index contributed by atoms with van der Waals surface area (Å²) in [7, 11) is -3.48. The molecule has 0 fully saturated rings. The fourth-order valence-electron chi connectivity index (χ4n) is 2.10. The first-order chi connectivity index (χ1) is 9.38. The first kappa shape index (κ1) is 17.6. The first-order valence-corrected chi connectivity index (χ1v) is 9.11. The molecule has 0 bridgehead atoms. The van der Waals surface area contributed by atoms with Gasteiger partial charge in [0.15, 0.2) is 0 Å². The molecule has 0 saturated heterocycles. The summed E-state index contributed by atoms with van der Waals surface area (Å²) in [6, 6.07) is 3.58. The van der Waals surface area contributed by atoms with Gasteiger partial charge in [0.25, 0.3) is 0 Å². The molecule has 0 heterocycles. The Hall–Kier alpha value is -0.430. The number of hydrogen-bond donors (Lipinski definition) is 1. The van der Waals surface area contributed by atoms with Gasteiger partial charge < -0.3 is 5.73 Å². The standard InChI is InChI=1S/C14H23BrN2O2S/c1-4-6-17(7-5-2)20(18,19)13-9-12(10-16)8-11(3)14(13)15/h8-9H,4-7,10,16H2,1-3H3. The molecule has 0 aliphatic rings. The summed E-state index contributed by atoms with van der Waals surface area (Å²) in [5, 5.41) is 0. The van der Waals surface area contributed by atoms with Crippen molar-refractivity contribution in [2.45, 2.75) is 45.1 Å². The SMILES string of the molecule is CCCN(CCC)S(=O)(=O)c1cc(CN)cc(C)c1Br. The molecule has 1 rings (SSSR count). The van der Waals surface area contributed by atoms with Crippen LogP contribution in [0.15, 0.2) is 21.5 Å². The quantitative estimate of drug-likeness (QED) is 0.810. The number of aryl methyl sites for hydroxylation is 1. The molecular weight excluding hydrogens is 340 g/mol. The van der Waals surface area contributed by atoms with Crippen molar-refractivity contribution in [3.8, 4) is 0 Å². The maximum absolute atomic E-state index is 12.8. The number of halogens is 1. The maximum atomic E-state index is 12.8. The Morgan fingerprint density at radius 3 is 2.20 bits per heavy atom. The smallest absolute Gasteiger partial charge is 0.244 e. The summed E-state index contributed by atoms with van der Waals surface area (Å²) in [6.07, 6.45) is 1.60. The summed E-state index contributed by atoms with van der Waals surface area (Å²) in [4.78, 5) is 0.319. The van der Waals surface area contributed by atoms with Crippen molar-refractivity contribution in [2.24, 2.45) is 5.73 Å². The Kier molecular flexibility index (Phi) is 6.64. The summed E-state index contributed by atoms with van der Waals surface area (Å²) < 4.78 is 27.8. The minimum atomic E-state index is -3.48. The van der Waals surface area contributed by atoms with Crippen LogP contribution in [0.5, 0.6) is 0 Å². The van der Waals surface area contributed by atoms with Gasteiger partial charge >= 0.3 is 0 Å². The molecule has 1 aromatic rings. The average molecular weight is 363 g/mol. The molecule has 0 aromatic heterocycles. The van der Waals surface area contributed by atoms with E-state index in [1.165, 1.54) is 0 Å².